The molecule has 0 atom stereocenters. The van der Waals surface area contributed by atoms with Crippen molar-refractivity contribution in [3.05, 3.63) is 74.9 Å². The topological polar surface area (TPSA) is 70.1 Å². The number of carbonyl (C=O) groups excluding carboxylic acids is 1. The molecule has 0 unspecified atom stereocenters. The number of H-pyrrole nitrogens is 1. The molecule has 0 bridgehead atoms. The lowest BCUT2D eigenvalue weighted by Gasteiger charge is -2.15. The summed E-state index contributed by atoms with van der Waals surface area (Å²) in [5.74, 6) is -0.349. The average molecular weight is 385 g/mol. The molecular weight excluding hydrogens is 371 g/mol. The molecule has 1 heterocycles. The monoisotopic (exact) mass is 384 g/mol. The Labute approximate surface area is 160 Å². The van der Waals surface area contributed by atoms with Crippen molar-refractivity contribution in [2.45, 2.75) is 12.8 Å². The van der Waals surface area contributed by atoms with E-state index >= 15 is 0 Å². The van der Waals surface area contributed by atoms with Gasteiger partial charge in [-0.15, -0.1) is 0 Å². The van der Waals surface area contributed by atoms with Gasteiger partial charge in [-0.3, -0.25) is 9.89 Å². The number of carbonyl (C=O) groups is 1. The normalized spacial score (nSPS) is 12.7. The van der Waals surface area contributed by atoms with Crippen LogP contribution in [-0.2, 0) is 12.8 Å². The smallest absolute Gasteiger partial charge is 0.272 e. The molecule has 2 aromatic carbocycles. The van der Waals surface area contributed by atoms with E-state index in [1.807, 2.05) is 18.2 Å². The Morgan fingerprint density at radius 2 is 1.88 bits per heavy atom. The molecule has 2 N–H and O–H groups in total. The van der Waals surface area contributed by atoms with Gasteiger partial charge in [0, 0.05) is 16.7 Å². The highest BCUT2D eigenvalue weighted by molar-refractivity contribution is 6.38. The number of rotatable bonds is 3. The molecule has 1 aliphatic carbocycles. The zero-order chi connectivity index (χ0) is 18.1. The number of hydrazone groups is 1. The molecule has 0 aliphatic heterocycles. The number of aryl methyl sites for hydroxylation is 1. The van der Waals surface area contributed by atoms with E-state index in [0.717, 1.165) is 29.7 Å². The number of hydrogen-bond acceptors (Lipinski definition) is 3. The quantitative estimate of drug-likeness (QED) is 0.523. The SMILES string of the molecule is O=C(NN=Cc1c(Cl)cccc1Cl)c1[nH]nc2c1CCc1ccccc1-2. The van der Waals surface area contributed by atoms with Crippen molar-refractivity contribution in [3.63, 3.8) is 0 Å². The second-order valence-corrected chi connectivity index (χ2v) is 6.73. The first kappa shape index (κ1) is 16.8. The second-order valence-electron chi connectivity index (χ2n) is 5.92. The highest BCUT2D eigenvalue weighted by Gasteiger charge is 2.24. The van der Waals surface area contributed by atoms with Gasteiger partial charge < -0.3 is 0 Å². The number of amides is 1. The van der Waals surface area contributed by atoms with Gasteiger partial charge in [-0.2, -0.15) is 10.2 Å². The summed E-state index contributed by atoms with van der Waals surface area (Å²) in [6.07, 6.45) is 3.06. The van der Waals surface area contributed by atoms with Gasteiger partial charge in [-0.25, -0.2) is 5.43 Å². The van der Waals surface area contributed by atoms with Gasteiger partial charge in [0.1, 0.15) is 5.69 Å². The molecule has 1 aliphatic rings. The van der Waals surface area contributed by atoms with Crippen LogP contribution in [0.5, 0.6) is 0 Å². The summed E-state index contributed by atoms with van der Waals surface area (Å²) >= 11 is 12.2. The Kier molecular flexibility index (Phi) is 4.49. The van der Waals surface area contributed by atoms with E-state index in [4.69, 9.17) is 23.2 Å². The van der Waals surface area contributed by atoms with Gasteiger partial charge in [0.15, 0.2) is 0 Å². The van der Waals surface area contributed by atoms with Gasteiger partial charge in [0.25, 0.3) is 5.91 Å². The number of aromatic nitrogens is 2. The van der Waals surface area contributed by atoms with Crippen LogP contribution in [-0.4, -0.2) is 22.3 Å². The standard InChI is InChI=1S/C19H14Cl2N4O/c20-15-6-3-7-16(21)14(15)10-22-25-19(26)18-13-9-8-11-4-1-2-5-12(11)17(13)23-24-18/h1-7,10H,8-9H2,(H,23,24)(H,25,26). The first-order valence-electron chi connectivity index (χ1n) is 8.08. The Hall–Kier alpha value is -2.63. The maximum Gasteiger partial charge on any atom is 0.289 e. The van der Waals surface area contributed by atoms with Crippen LogP contribution >= 0.6 is 23.2 Å². The van der Waals surface area contributed by atoms with E-state index in [0.29, 0.717) is 21.3 Å². The summed E-state index contributed by atoms with van der Waals surface area (Å²) in [5.41, 5.74) is 7.53. The summed E-state index contributed by atoms with van der Waals surface area (Å²) in [6, 6.07) is 13.3. The zero-order valence-electron chi connectivity index (χ0n) is 13.6. The molecule has 0 radical (unpaired) electrons. The number of halogens is 2. The highest BCUT2D eigenvalue weighted by Crippen LogP contribution is 2.33. The van der Waals surface area contributed by atoms with Gasteiger partial charge in [-0.1, -0.05) is 53.5 Å². The molecule has 0 spiro atoms. The van der Waals surface area contributed by atoms with Crippen LogP contribution in [0.2, 0.25) is 10.0 Å². The third kappa shape index (κ3) is 3.00. The summed E-state index contributed by atoms with van der Waals surface area (Å²) in [7, 11) is 0. The number of aromatic amines is 1. The predicted molar refractivity (Wildman–Crippen MR) is 103 cm³/mol. The number of nitrogens with one attached hydrogen (secondary N) is 2. The van der Waals surface area contributed by atoms with Crippen LogP contribution in [0.25, 0.3) is 11.3 Å². The lowest BCUT2D eigenvalue weighted by molar-refractivity contribution is 0.0949. The van der Waals surface area contributed by atoms with E-state index < -0.39 is 0 Å². The van der Waals surface area contributed by atoms with E-state index in [2.05, 4.69) is 26.8 Å². The molecule has 1 amide bonds. The van der Waals surface area contributed by atoms with E-state index in [1.54, 1.807) is 18.2 Å². The van der Waals surface area contributed by atoms with Crippen molar-refractivity contribution in [3.8, 4) is 11.3 Å². The lowest BCUT2D eigenvalue weighted by Crippen LogP contribution is -2.20. The first-order chi connectivity index (χ1) is 12.6. The maximum absolute atomic E-state index is 12.5. The first-order valence-corrected chi connectivity index (χ1v) is 8.83. The van der Waals surface area contributed by atoms with Gasteiger partial charge in [0.2, 0.25) is 0 Å². The minimum Gasteiger partial charge on any atom is -0.272 e. The maximum atomic E-state index is 12.5. The minimum atomic E-state index is -0.349. The van der Waals surface area contributed by atoms with Crippen molar-refractivity contribution in [2.24, 2.45) is 5.10 Å². The Morgan fingerprint density at radius 3 is 2.69 bits per heavy atom. The zero-order valence-corrected chi connectivity index (χ0v) is 15.1. The highest BCUT2D eigenvalue weighted by atomic mass is 35.5. The molecule has 3 aromatic rings. The van der Waals surface area contributed by atoms with Crippen molar-refractivity contribution in [1.29, 1.82) is 0 Å². The van der Waals surface area contributed by atoms with Crippen molar-refractivity contribution in [2.75, 3.05) is 0 Å². The summed E-state index contributed by atoms with van der Waals surface area (Å²) in [5, 5.41) is 12.1. The Bertz CT molecular complexity index is 1010. The number of benzene rings is 2. The van der Waals surface area contributed by atoms with E-state index in [9.17, 15) is 4.79 Å². The van der Waals surface area contributed by atoms with Gasteiger partial charge in [0.05, 0.1) is 22.0 Å². The van der Waals surface area contributed by atoms with Gasteiger partial charge in [-0.05, 0) is 30.5 Å². The molecule has 1 aromatic heterocycles. The number of fused-ring (bicyclic) bond motifs is 3. The summed E-state index contributed by atoms with van der Waals surface area (Å²) in [4.78, 5) is 12.5. The summed E-state index contributed by atoms with van der Waals surface area (Å²) in [6.45, 7) is 0. The average Bonchev–Trinajstić information content (AvgIpc) is 3.08. The molecule has 130 valence electrons. The number of nitrogens with zero attached hydrogens (tertiary/aromatic N) is 2. The van der Waals surface area contributed by atoms with Crippen LogP contribution in [0.4, 0.5) is 0 Å². The lowest BCUT2D eigenvalue weighted by atomic mass is 9.89. The van der Waals surface area contributed by atoms with E-state index in [-0.39, 0.29) is 5.91 Å². The molecule has 0 saturated heterocycles. The third-order valence-electron chi connectivity index (χ3n) is 4.37. The molecule has 0 saturated carbocycles. The van der Waals surface area contributed by atoms with E-state index in [1.165, 1.54) is 11.8 Å². The predicted octanol–water partition coefficient (Wildman–Crippen LogP) is 4.25. The summed E-state index contributed by atoms with van der Waals surface area (Å²) < 4.78 is 0. The Morgan fingerprint density at radius 1 is 1.12 bits per heavy atom. The Balaban J connectivity index is 1.56. The van der Waals surface area contributed by atoms with Crippen molar-refractivity contribution in [1.82, 2.24) is 15.6 Å². The second kappa shape index (κ2) is 6.94. The van der Waals surface area contributed by atoms with Crippen LogP contribution in [0.3, 0.4) is 0 Å². The molecular formula is C19H14Cl2N4O. The van der Waals surface area contributed by atoms with Crippen molar-refractivity contribution >= 4 is 35.3 Å². The largest absolute Gasteiger partial charge is 0.289 e. The fraction of sp³-hybridized carbons (Fsp3) is 0.105. The third-order valence-corrected chi connectivity index (χ3v) is 5.03. The molecule has 7 heteroatoms. The fourth-order valence-corrected chi connectivity index (χ4v) is 3.59. The van der Waals surface area contributed by atoms with Crippen LogP contribution in [0, 0.1) is 0 Å². The molecule has 5 nitrogen and oxygen atoms in total. The van der Waals surface area contributed by atoms with Crippen LogP contribution in [0.1, 0.15) is 27.2 Å². The van der Waals surface area contributed by atoms with Gasteiger partial charge >= 0.3 is 0 Å². The van der Waals surface area contributed by atoms with Crippen LogP contribution in [0.15, 0.2) is 47.6 Å². The van der Waals surface area contributed by atoms with Crippen molar-refractivity contribution < 1.29 is 4.79 Å². The fourth-order valence-electron chi connectivity index (χ4n) is 3.09. The number of hydrogen-bond donors (Lipinski definition) is 2. The minimum absolute atomic E-state index is 0.349. The molecule has 0 fully saturated rings. The van der Waals surface area contributed by atoms with Crippen LogP contribution < -0.4 is 5.43 Å². The molecule has 26 heavy (non-hydrogen) atoms. The molecule has 4 rings (SSSR count).